The summed E-state index contributed by atoms with van der Waals surface area (Å²) in [7, 11) is 1.31. The Morgan fingerprint density at radius 3 is 2.73 bits per heavy atom. The number of ether oxygens (including phenoxy) is 2. The number of methoxy groups -OCH3 is 1. The minimum absolute atomic E-state index is 0.193. The number of hydrogen-bond acceptors (Lipinski definition) is 5. The van der Waals surface area contributed by atoms with Gasteiger partial charge in [0.25, 0.3) is 0 Å². The number of carbonyl (C=O) groups excluding carboxylic acids is 3. The number of rotatable bonds is 6. The molecule has 22 heavy (non-hydrogen) atoms. The van der Waals surface area contributed by atoms with Crippen LogP contribution in [0.3, 0.4) is 0 Å². The largest absolute Gasteiger partial charge is 0.466 e. The van der Waals surface area contributed by atoms with Crippen molar-refractivity contribution in [1.29, 1.82) is 0 Å². The molecule has 1 aromatic heterocycles. The fourth-order valence-electron chi connectivity index (χ4n) is 2.29. The van der Waals surface area contributed by atoms with Crippen LogP contribution in [-0.4, -0.2) is 36.5 Å². The maximum Gasteiger partial charge on any atom is 0.337 e. The molecule has 0 N–H and O–H groups in total. The van der Waals surface area contributed by atoms with Crippen LogP contribution in [0.4, 0.5) is 0 Å². The van der Waals surface area contributed by atoms with Gasteiger partial charge in [-0.05, 0) is 19.1 Å². The summed E-state index contributed by atoms with van der Waals surface area (Å²) < 4.78 is 11.4. The molecule has 2 rings (SSSR count). The van der Waals surface area contributed by atoms with Crippen molar-refractivity contribution < 1.29 is 23.9 Å². The van der Waals surface area contributed by atoms with Gasteiger partial charge in [-0.3, -0.25) is 9.59 Å². The molecule has 0 saturated heterocycles. The second kappa shape index (κ2) is 6.89. The summed E-state index contributed by atoms with van der Waals surface area (Å²) in [5.74, 6) is -0.756. The molecule has 0 bridgehead atoms. The number of hydrogen-bond donors (Lipinski definition) is 0. The van der Waals surface area contributed by atoms with E-state index in [0.29, 0.717) is 29.8 Å². The number of fused-ring (bicyclic) bond motifs is 1. The van der Waals surface area contributed by atoms with Gasteiger partial charge >= 0.3 is 11.9 Å². The van der Waals surface area contributed by atoms with Crippen molar-refractivity contribution >= 4 is 29.1 Å². The molecule has 1 heterocycles. The van der Waals surface area contributed by atoms with Gasteiger partial charge in [0.2, 0.25) is 0 Å². The first-order valence-electron chi connectivity index (χ1n) is 6.92. The Bertz CT molecular complexity index is 717. The summed E-state index contributed by atoms with van der Waals surface area (Å²) in [6.07, 6.45) is 2.61. The molecule has 1 aromatic carbocycles. The van der Waals surface area contributed by atoms with Crippen LogP contribution in [0.5, 0.6) is 0 Å². The van der Waals surface area contributed by atoms with Gasteiger partial charge in [-0.15, -0.1) is 0 Å². The zero-order valence-corrected chi connectivity index (χ0v) is 12.5. The van der Waals surface area contributed by atoms with Crippen LogP contribution in [-0.2, 0) is 20.8 Å². The molecule has 0 spiro atoms. The van der Waals surface area contributed by atoms with Crippen molar-refractivity contribution in [2.24, 2.45) is 0 Å². The number of esters is 2. The highest BCUT2D eigenvalue weighted by atomic mass is 16.5. The van der Waals surface area contributed by atoms with E-state index < -0.39 is 5.97 Å². The lowest BCUT2D eigenvalue weighted by atomic mass is 10.1. The third kappa shape index (κ3) is 3.16. The Hall–Kier alpha value is -2.63. The average molecular weight is 303 g/mol. The molecule has 0 fully saturated rings. The van der Waals surface area contributed by atoms with Crippen molar-refractivity contribution in [3.8, 4) is 0 Å². The summed E-state index contributed by atoms with van der Waals surface area (Å²) in [5.41, 5.74) is 1.60. The zero-order valence-electron chi connectivity index (χ0n) is 12.5. The molecule has 0 aliphatic heterocycles. The van der Waals surface area contributed by atoms with Gasteiger partial charge < -0.3 is 14.0 Å². The normalized spacial score (nSPS) is 10.5. The van der Waals surface area contributed by atoms with E-state index in [2.05, 4.69) is 0 Å². The highest BCUT2D eigenvalue weighted by Crippen LogP contribution is 2.22. The fourth-order valence-corrected chi connectivity index (χ4v) is 2.29. The highest BCUT2D eigenvalue weighted by Gasteiger charge is 2.13. The predicted octanol–water partition coefficient (Wildman–Crippen LogP) is 2.19. The summed E-state index contributed by atoms with van der Waals surface area (Å²) >= 11 is 0. The molecule has 116 valence electrons. The van der Waals surface area contributed by atoms with Gasteiger partial charge in [-0.2, -0.15) is 0 Å². The molecular formula is C16H17NO5. The first-order chi connectivity index (χ1) is 10.6. The summed E-state index contributed by atoms with van der Waals surface area (Å²) in [6.45, 7) is 2.45. The van der Waals surface area contributed by atoms with Crippen LogP contribution in [0.1, 0.15) is 34.1 Å². The first-order valence-corrected chi connectivity index (χ1v) is 6.92. The Labute approximate surface area is 127 Å². The highest BCUT2D eigenvalue weighted by molar-refractivity contribution is 6.01. The van der Waals surface area contributed by atoms with Gasteiger partial charge in [0.15, 0.2) is 6.29 Å². The van der Waals surface area contributed by atoms with E-state index >= 15 is 0 Å². The van der Waals surface area contributed by atoms with E-state index in [1.165, 1.54) is 7.11 Å². The van der Waals surface area contributed by atoms with Crippen LogP contribution >= 0.6 is 0 Å². The van der Waals surface area contributed by atoms with Gasteiger partial charge in [0, 0.05) is 29.2 Å². The third-order valence-corrected chi connectivity index (χ3v) is 3.32. The van der Waals surface area contributed by atoms with Crippen molar-refractivity contribution in [3.63, 3.8) is 0 Å². The van der Waals surface area contributed by atoms with Crippen molar-refractivity contribution in [3.05, 3.63) is 35.5 Å². The number of aryl methyl sites for hydroxylation is 1. The number of aromatic nitrogens is 1. The molecule has 0 aliphatic rings. The van der Waals surface area contributed by atoms with E-state index in [4.69, 9.17) is 9.47 Å². The second-order valence-electron chi connectivity index (χ2n) is 4.67. The number of aldehydes is 1. The molecule has 0 aliphatic carbocycles. The number of carbonyl (C=O) groups is 3. The van der Waals surface area contributed by atoms with Crippen LogP contribution in [0.2, 0.25) is 0 Å². The zero-order chi connectivity index (χ0) is 16.1. The topological polar surface area (TPSA) is 74.6 Å². The Kier molecular flexibility index (Phi) is 4.93. The maximum absolute atomic E-state index is 11.6. The minimum atomic E-state index is -0.451. The lowest BCUT2D eigenvalue weighted by molar-refractivity contribution is -0.143. The third-order valence-electron chi connectivity index (χ3n) is 3.32. The SMILES string of the molecule is CCOC(=O)CCn1cc(C=O)c2ccc(C(=O)OC)cc21. The molecule has 0 saturated carbocycles. The maximum atomic E-state index is 11.6. The molecule has 0 radical (unpaired) electrons. The van der Waals surface area contributed by atoms with Crippen molar-refractivity contribution in [2.75, 3.05) is 13.7 Å². The minimum Gasteiger partial charge on any atom is -0.466 e. The van der Waals surface area contributed by atoms with E-state index in [1.54, 1.807) is 35.9 Å². The van der Waals surface area contributed by atoms with Crippen LogP contribution in [0.15, 0.2) is 24.4 Å². The predicted molar refractivity (Wildman–Crippen MR) is 79.9 cm³/mol. The fraction of sp³-hybridized carbons (Fsp3) is 0.312. The van der Waals surface area contributed by atoms with Crippen LogP contribution in [0, 0.1) is 0 Å². The summed E-state index contributed by atoms with van der Waals surface area (Å²) in [5, 5.41) is 0.728. The Balaban J connectivity index is 2.37. The van der Waals surface area contributed by atoms with E-state index in [1.807, 2.05) is 0 Å². The van der Waals surface area contributed by atoms with Gasteiger partial charge in [0.05, 0.1) is 25.7 Å². The smallest absolute Gasteiger partial charge is 0.337 e. The van der Waals surface area contributed by atoms with Crippen LogP contribution < -0.4 is 0 Å². The van der Waals surface area contributed by atoms with Crippen molar-refractivity contribution in [1.82, 2.24) is 4.57 Å². The van der Waals surface area contributed by atoms with Gasteiger partial charge in [-0.25, -0.2) is 4.79 Å². The van der Waals surface area contributed by atoms with E-state index in [9.17, 15) is 14.4 Å². The lowest BCUT2D eigenvalue weighted by Gasteiger charge is -2.06. The van der Waals surface area contributed by atoms with E-state index in [0.717, 1.165) is 11.7 Å². The average Bonchev–Trinajstić information content (AvgIpc) is 2.89. The molecule has 0 amide bonds. The quantitative estimate of drug-likeness (QED) is 0.604. The Morgan fingerprint density at radius 2 is 2.09 bits per heavy atom. The summed E-state index contributed by atoms with van der Waals surface area (Å²) in [4.78, 5) is 34.2. The van der Waals surface area contributed by atoms with Crippen LogP contribution in [0.25, 0.3) is 10.9 Å². The van der Waals surface area contributed by atoms with Gasteiger partial charge in [-0.1, -0.05) is 6.07 Å². The summed E-state index contributed by atoms with van der Waals surface area (Å²) in [6, 6.07) is 4.96. The Morgan fingerprint density at radius 1 is 1.32 bits per heavy atom. The second-order valence-corrected chi connectivity index (χ2v) is 4.67. The molecule has 6 nitrogen and oxygen atoms in total. The molecule has 6 heteroatoms. The van der Waals surface area contributed by atoms with Gasteiger partial charge in [0.1, 0.15) is 0 Å². The molecule has 0 unspecified atom stereocenters. The first kappa shape index (κ1) is 15.8. The monoisotopic (exact) mass is 303 g/mol. The van der Waals surface area contributed by atoms with Crippen molar-refractivity contribution in [2.45, 2.75) is 19.9 Å². The number of nitrogens with zero attached hydrogens (tertiary/aromatic N) is 1. The standard InChI is InChI=1S/C16H17NO5/c1-3-22-15(19)6-7-17-9-12(10-18)13-5-4-11(8-14(13)17)16(20)21-2/h4-5,8-10H,3,6-7H2,1-2H3. The molecule has 0 atom stereocenters. The number of benzene rings is 1. The molecule has 2 aromatic rings. The van der Waals surface area contributed by atoms with E-state index in [-0.39, 0.29) is 12.4 Å². The molecular weight excluding hydrogens is 286 g/mol. The lowest BCUT2D eigenvalue weighted by Crippen LogP contribution is -2.08.